The van der Waals surface area contributed by atoms with E-state index in [1.165, 1.54) is 19.3 Å². The minimum atomic E-state index is -0.0935. The summed E-state index contributed by atoms with van der Waals surface area (Å²) in [6, 6.07) is 16.5. The summed E-state index contributed by atoms with van der Waals surface area (Å²) in [7, 11) is 1.68. The van der Waals surface area contributed by atoms with Gasteiger partial charge in [-0.3, -0.25) is 4.79 Å². The quantitative estimate of drug-likeness (QED) is 0.610. The van der Waals surface area contributed by atoms with E-state index in [9.17, 15) is 4.79 Å². The van der Waals surface area contributed by atoms with Crippen LogP contribution < -0.4 is 10.1 Å². The SMILES string of the molecule is COc1cc(/C=C2\SC(Nc3ccccc3)N([C@H]3CCCC[C@@H]3C)C2=O)ccc1C. The van der Waals surface area contributed by atoms with Gasteiger partial charge >= 0.3 is 0 Å². The summed E-state index contributed by atoms with van der Waals surface area (Å²) in [5.74, 6) is 1.49. The average Bonchev–Trinajstić information content (AvgIpc) is 3.05. The van der Waals surface area contributed by atoms with Gasteiger partial charge in [0.1, 0.15) is 5.75 Å². The lowest BCUT2D eigenvalue weighted by atomic mass is 9.85. The normalized spacial score (nSPS) is 25.6. The maximum Gasteiger partial charge on any atom is 0.262 e. The molecule has 1 N–H and O–H groups in total. The number of hydrogen-bond acceptors (Lipinski definition) is 4. The van der Waals surface area contributed by atoms with Crippen molar-refractivity contribution in [2.75, 3.05) is 12.4 Å². The maximum absolute atomic E-state index is 13.5. The molecule has 0 radical (unpaired) electrons. The van der Waals surface area contributed by atoms with Crippen molar-refractivity contribution in [3.63, 3.8) is 0 Å². The first-order valence-corrected chi connectivity index (χ1v) is 11.6. The van der Waals surface area contributed by atoms with Crippen molar-refractivity contribution in [3.05, 3.63) is 64.6 Å². The van der Waals surface area contributed by atoms with Gasteiger partial charge in [-0.15, -0.1) is 0 Å². The van der Waals surface area contributed by atoms with Gasteiger partial charge in [-0.25, -0.2) is 0 Å². The summed E-state index contributed by atoms with van der Waals surface area (Å²) in [5.41, 5.74) is 3.02. The van der Waals surface area contributed by atoms with Gasteiger partial charge in [0.2, 0.25) is 0 Å². The zero-order valence-corrected chi connectivity index (χ0v) is 18.7. The third-order valence-corrected chi connectivity index (χ3v) is 7.27. The number of benzene rings is 2. The lowest BCUT2D eigenvalue weighted by Gasteiger charge is -2.39. The monoisotopic (exact) mass is 422 g/mol. The number of hydrogen-bond donors (Lipinski definition) is 1. The first kappa shape index (κ1) is 20.9. The molecule has 1 aliphatic heterocycles. The molecule has 0 aromatic heterocycles. The van der Waals surface area contributed by atoms with Crippen LogP contribution in [0.2, 0.25) is 0 Å². The van der Waals surface area contributed by atoms with Crippen LogP contribution in [0.25, 0.3) is 6.08 Å². The molecule has 5 heteroatoms. The first-order valence-electron chi connectivity index (χ1n) is 10.7. The Kier molecular flexibility index (Phi) is 6.38. The van der Waals surface area contributed by atoms with E-state index in [1.54, 1.807) is 18.9 Å². The van der Waals surface area contributed by atoms with Crippen molar-refractivity contribution < 1.29 is 9.53 Å². The fraction of sp³-hybridized carbons (Fsp3) is 0.400. The van der Waals surface area contributed by atoms with Gasteiger partial charge in [0, 0.05) is 11.7 Å². The van der Waals surface area contributed by atoms with E-state index in [1.807, 2.05) is 49.4 Å². The molecule has 2 aromatic rings. The standard InChI is InChI=1S/C25H30N2O2S/c1-17-9-7-8-12-21(17)27-24(28)23(16-19-14-13-18(2)22(15-19)29-3)30-25(27)26-20-10-5-4-6-11-20/h4-6,10-11,13-17,21,25-26H,7-9,12H2,1-3H3/b23-16-/t17-,21-,25?/m0/s1. The molecule has 2 aliphatic rings. The topological polar surface area (TPSA) is 41.6 Å². The number of nitrogens with one attached hydrogen (secondary N) is 1. The van der Waals surface area contributed by atoms with Crippen LogP contribution in [0.15, 0.2) is 53.4 Å². The fourth-order valence-electron chi connectivity index (χ4n) is 4.45. The second-order valence-corrected chi connectivity index (χ2v) is 9.38. The smallest absolute Gasteiger partial charge is 0.262 e. The second kappa shape index (κ2) is 9.17. The molecule has 1 heterocycles. The fourth-order valence-corrected chi connectivity index (χ4v) is 5.66. The molecule has 2 aromatic carbocycles. The first-order chi connectivity index (χ1) is 14.6. The Morgan fingerprint density at radius 1 is 1.13 bits per heavy atom. The van der Waals surface area contributed by atoms with Crippen molar-refractivity contribution in [2.45, 2.75) is 51.1 Å². The summed E-state index contributed by atoms with van der Waals surface area (Å²) < 4.78 is 5.46. The molecule has 1 aliphatic carbocycles. The molecule has 4 nitrogen and oxygen atoms in total. The van der Waals surface area contributed by atoms with Crippen molar-refractivity contribution in [3.8, 4) is 5.75 Å². The molecule has 1 amide bonds. The number of aryl methyl sites for hydroxylation is 1. The molecule has 158 valence electrons. The van der Waals surface area contributed by atoms with Crippen LogP contribution in [-0.4, -0.2) is 29.5 Å². The molecule has 0 spiro atoms. The Morgan fingerprint density at radius 2 is 1.90 bits per heavy atom. The molecule has 0 bridgehead atoms. The van der Waals surface area contributed by atoms with Gasteiger partial charge < -0.3 is 15.0 Å². The van der Waals surface area contributed by atoms with Gasteiger partial charge in [0.25, 0.3) is 5.91 Å². The summed E-state index contributed by atoms with van der Waals surface area (Å²) in [5, 5.41) is 3.59. The second-order valence-electron chi connectivity index (χ2n) is 8.26. The molecule has 1 saturated heterocycles. The van der Waals surface area contributed by atoms with E-state index in [2.05, 4.69) is 29.3 Å². The van der Waals surface area contributed by atoms with E-state index in [4.69, 9.17) is 4.74 Å². The summed E-state index contributed by atoms with van der Waals surface area (Å²) in [6.07, 6.45) is 6.71. The summed E-state index contributed by atoms with van der Waals surface area (Å²) >= 11 is 1.62. The number of methoxy groups -OCH3 is 1. The number of para-hydroxylation sites is 1. The van der Waals surface area contributed by atoms with Crippen LogP contribution in [-0.2, 0) is 4.79 Å². The van der Waals surface area contributed by atoms with Crippen LogP contribution in [0.1, 0.15) is 43.7 Å². The van der Waals surface area contributed by atoms with Crippen molar-refractivity contribution in [2.24, 2.45) is 5.92 Å². The number of nitrogens with zero attached hydrogens (tertiary/aromatic N) is 1. The van der Waals surface area contributed by atoms with E-state index in [0.29, 0.717) is 5.92 Å². The van der Waals surface area contributed by atoms with E-state index in [-0.39, 0.29) is 17.4 Å². The Balaban J connectivity index is 1.65. The van der Waals surface area contributed by atoms with Gasteiger partial charge in [-0.1, -0.05) is 61.9 Å². The van der Waals surface area contributed by atoms with Gasteiger partial charge in [-0.2, -0.15) is 0 Å². The molecule has 1 unspecified atom stereocenters. The van der Waals surface area contributed by atoms with Crippen LogP contribution in [0.4, 0.5) is 5.69 Å². The van der Waals surface area contributed by atoms with Crippen molar-refractivity contribution in [1.29, 1.82) is 0 Å². The predicted octanol–water partition coefficient (Wildman–Crippen LogP) is 5.89. The van der Waals surface area contributed by atoms with Gasteiger partial charge in [0.15, 0.2) is 5.50 Å². The predicted molar refractivity (Wildman–Crippen MR) is 125 cm³/mol. The van der Waals surface area contributed by atoms with Crippen LogP contribution >= 0.6 is 11.8 Å². The number of rotatable bonds is 5. The number of carbonyl (C=O) groups is 1. The number of carbonyl (C=O) groups excluding carboxylic acids is 1. The molecular formula is C25H30N2O2S. The lowest BCUT2D eigenvalue weighted by molar-refractivity contribution is -0.129. The maximum atomic E-state index is 13.5. The number of ether oxygens (including phenoxy) is 1. The zero-order chi connectivity index (χ0) is 21.1. The molecule has 3 atom stereocenters. The van der Waals surface area contributed by atoms with Crippen LogP contribution in [0.3, 0.4) is 0 Å². The molecular weight excluding hydrogens is 392 g/mol. The minimum Gasteiger partial charge on any atom is -0.496 e. The average molecular weight is 423 g/mol. The van der Waals surface area contributed by atoms with E-state index >= 15 is 0 Å². The number of anilines is 1. The number of thioether (sulfide) groups is 1. The highest BCUT2D eigenvalue weighted by atomic mass is 32.2. The molecule has 1 saturated carbocycles. The highest BCUT2D eigenvalue weighted by Crippen LogP contribution is 2.42. The zero-order valence-electron chi connectivity index (χ0n) is 17.9. The summed E-state index contributed by atoms with van der Waals surface area (Å²) in [6.45, 7) is 4.31. The van der Waals surface area contributed by atoms with Crippen molar-refractivity contribution >= 4 is 29.4 Å². The van der Waals surface area contributed by atoms with E-state index in [0.717, 1.165) is 33.9 Å². The van der Waals surface area contributed by atoms with Gasteiger partial charge in [-0.05, 0) is 61.1 Å². The van der Waals surface area contributed by atoms with Crippen LogP contribution in [0.5, 0.6) is 5.75 Å². The molecule has 30 heavy (non-hydrogen) atoms. The van der Waals surface area contributed by atoms with E-state index < -0.39 is 0 Å². The Hall–Kier alpha value is -2.40. The summed E-state index contributed by atoms with van der Waals surface area (Å²) in [4.78, 5) is 16.4. The molecule has 2 fully saturated rings. The third kappa shape index (κ3) is 4.36. The Labute approximate surface area is 183 Å². The largest absolute Gasteiger partial charge is 0.496 e. The minimum absolute atomic E-state index is 0.0935. The Morgan fingerprint density at radius 3 is 2.63 bits per heavy atom. The highest BCUT2D eigenvalue weighted by Gasteiger charge is 2.42. The lowest BCUT2D eigenvalue weighted by Crippen LogP contribution is -2.48. The van der Waals surface area contributed by atoms with Gasteiger partial charge in [0.05, 0.1) is 12.0 Å². The highest BCUT2D eigenvalue weighted by molar-refractivity contribution is 8.05. The number of amides is 1. The van der Waals surface area contributed by atoms with Crippen LogP contribution in [0, 0.1) is 12.8 Å². The molecule has 4 rings (SSSR count). The third-order valence-electron chi connectivity index (χ3n) is 6.15. The Bertz CT molecular complexity index is 928. The van der Waals surface area contributed by atoms with Crippen molar-refractivity contribution in [1.82, 2.24) is 4.90 Å².